The number of halogens is 1. The number of nitrogens with zero attached hydrogens (tertiary/aromatic N) is 2. The lowest BCUT2D eigenvalue weighted by molar-refractivity contribution is 0.0433. The third-order valence-corrected chi connectivity index (χ3v) is 6.83. The zero-order chi connectivity index (χ0) is 21.9. The van der Waals surface area contributed by atoms with Crippen LogP contribution in [0.5, 0.6) is 5.75 Å². The van der Waals surface area contributed by atoms with Crippen molar-refractivity contribution in [3.05, 3.63) is 59.1 Å². The van der Waals surface area contributed by atoms with E-state index in [0.29, 0.717) is 23.9 Å². The lowest BCUT2D eigenvalue weighted by Gasteiger charge is -2.37. The van der Waals surface area contributed by atoms with Gasteiger partial charge in [0.15, 0.2) is 0 Å². The summed E-state index contributed by atoms with van der Waals surface area (Å²) in [5, 5.41) is 11.3. The van der Waals surface area contributed by atoms with Gasteiger partial charge in [-0.2, -0.15) is 0 Å². The average molecular weight is 453 g/mol. The second kappa shape index (κ2) is 9.66. The highest BCUT2D eigenvalue weighted by atomic mass is 35.5. The molecule has 1 aliphatic rings. The molecule has 2 N–H and O–H groups in total. The molecule has 1 aliphatic heterocycles. The van der Waals surface area contributed by atoms with Crippen LogP contribution in [0.4, 0.5) is 5.69 Å². The molecule has 0 bridgehead atoms. The first-order chi connectivity index (χ1) is 14.2. The van der Waals surface area contributed by atoms with Crippen LogP contribution in [-0.4, -0.2) is 57.2 Å². The van der Waals surface area contributed by atoms with E-state index in [9.17, 15) is 9.32 Å². The summed E-state index contributed by atoms with van der Waals surface area (Å²) in [6.07, 6.45) is 0.386. The average Bonchev–Trinajstić information content (AvgIpc) is 3.00. The van der Waals surface area contributed by atoms with Crippen LogP contribution in [0.15, 0.2) is 48.5 Å². The number of hydrogen-bond acceptors (Lipinski definition) is 4. The second-order valence-electron chi connectivity index (χ2n) is 8.18. The molecule has 2 unspecified atom stereocenters. The molecule has 1 fully saturated rings. The number of benzene rings is 2. The molecule has 0 amide bonds. The van der Waals surface area contributed by atoms with Gasteiger partial charge in [0.2, 0.25) is 0 Å². The van der Waals surface area contributed by atoms with Crippen LogP contribution in [-0.2, 0) is 11.3 Å². The lowest BCUT2D eigenvalue weighted by atomic mass is 9.82. The summed E-state index contributed by atoms with van der Waals surface area (Å²) in [7, 11) is 1.53. The predicted octanol–water partition coefficient (Wildman–Crippen LogP) is 3.92. The molecule has 30 heavy (non-hydrogen) atoms. The molecule has 0 radical (unpaired) electrons. The number of ether oxygens (including phenoxy) is 1. The first-order valence-electron chi connectivity index (χ1n) is 9.94. The smallest absolute Gasteiger partial charge is 0.261 e. The van der Waals surface area contributed by atoms with Gasteiger partial charge in [-0.15, -0.1) is 0 Å². The zero-order valence-electron chi connectivity index (χ0n) is 17.5. The van der Waals surface area contributed by atoms with Crippen molar-refractivity contribution in [3.8, 4) is 5.75 Å². The summed E-state index contributed by atoms with van der Waals surface area (Å²) in [6.45, 7) is 6.02. The Morgan fingerprint density at radius 3 is 2.63 bits per heavy atom. The summed E-state index contributed by atoms with van der Waals surface area (Å²) in [4.78, 5) is 2.31. The van der Waals surface area contributed by atoms with Crippen molar-refractivity contribution in [1.82, 2.24) is 4.90 Å². The van der Waals surface area contributed by atoms with Crippen LogP contribution in [0.1, 0.15) is 31.7 Å². The van der Waals surface area contributed by atoms with Crippen LogP contribution in [0.3, 0.4) is 0 Å². The highest BCUT2D eigenvalue weighted by Gasteiger charge is 2.42. The van der Waals surface area contributed by atoms with Crippen molar-refractivity contribution in [2.45, 2.75) is 37.8 Å². The number of β-amino-alcohol motifs (C(OH)–C–C–N with tert-alkyl or cyclic N) is 1. The van der Waals surface area contributed by atoms with E-state index in [1.807, 2.05) is 18.2 Å². The van der Waals surface area contributed by atoms with E-state index in [0.717, 1.165) is 18.0 Å². The topological polar surface area (TPSA) is 73.2 Å². The van der Waals surface area contributed by atoms with Gasteiger partial charge in [-0.05, 0) is 68.8 Å². The van der Waals surface area contributed by atoms with Gasteiger partial charge in [0.1, 0.15) is 18.5 Å². The highest BCUT2D eigenvalue weighted by Crippen LogP contribution is 2.42. The SMILES string of the molecule is CN(c1ccc(OC[C@@H](O)CN2CCC(c3cccc(Cl)c3)C2(C)C)cc1)S(=O)O. The Morgan fingerprint density at radius 2 is 2.00 bits per heavy atom. The molecule has 3 atom stereocenters. The van der Waals surface area contributed by atoms with Crippen LogP contribution >= 0.6 is 11.6 Å². The molecular formula is C22H29ClN2O4S. The van der Waals surface area contributed by atoms with E-state index in [-0.39, 0.29) is 12.1 Å². The second-order valence-corrected chi connectivity index (χ2v) is 9.63. The van der Waals surface area contributed by atoms with E-state index in [1.165, 1.54) is 16.9 Å². The van der Waals surface area contributed by atoms with Crippen molar-refractivity contribution < 1.29 is 18.6 Å². The molecule has 0 aromatic heterocycles. The largest absolute Gasteiger partial charge is 0.491 e. The van der Waals surface area contributed by atoms with E-state index in [1.54, 1.807) is 24.3 Å². The molecule has 2 aromatic rings. The van der Waals surface area contributed by atoms with Crippen molar-refractivity contribution in [2.24, 2.45) is 0 Å². The molecule has 6 nitrogen and oxygen atoms in total. The van der Waals surface area contributed by atoms with Gasteiger partial charge in [0, 0.05) is 30.1 Å². The number of aliphatic hydroxyl groups is 1. The maximum absolute atomic E-state index is 11.1. The van der Waals surface area contributed by atoms with Crippen molar-refractivity contribution in [3.63, 3.8) is 0 Å². The minimum atomic E-state index is -2.07. The lowest BCUT2D eigenvalue weighted by Crippen LogP contribution is -2.46. The first kappa shape index (κ1) is 23.0. The van der Waals surface area contributed by atoms with Gasteiger partial charge in [-0.3, -0.25) is 13.8 Å². The van der Waals surface area contributed by atoms with Crippen molar-refractivity contribution in [1.29, 1.82) is 0 Å². The quantitative estimate of drug-likeness (QED) is 0.594. The Balaban J connectivity index is 1.55. The molecule has 0 spiro atoms. The van der Waals surface area contributed by atoms with E-state index < -0.39 is 17.4 Å². The molecule has 2 aromatic carbocycles. The van der Waals surface area contributed by atoms with Crippen LogP contribution in [0.2, 0.25) is 5.02 Å². The van der Waals surface area contributed by atoms with Gasteiger partial charge < -0.3 is 9.84 Å². The highest BCUT2D eigenvalue weighted by molar-refractivity contribution is 7.80. The summed E-state index contributed by atoms with van der Waals surface area (Å²) < 4.78 is 27.2. The Labute approximate surface area is 185 Å². The molecule has 1 saturated heterocycles. The Morgan fingerprint density at radius 1 is 1.30 bits per heavy atom. The summed E-state index contributed by atoms with van der Waals surface area (Å²) in [5.41, 5.74) is 1.74. The Kier molecular flexibility index (Phi) is 7.42. The van der Waals surface area contributed by atoms with Gasteiger partial charge in [0.05, 0.1) is 5.69 Å². The molecule has 0 aliphatic carbocycles. The normalized spacial score (nSPS) is 20.7. The van der Waals surface area contributed by atoms with Crippen molar-refractivity contribution >= 4 is 28.6 Å². The Bertz CT molecular complexity index is 878. The van der Waals surface area contributed by atoms with Crippen LogP contribution in [0.25, 0.3) is 0 Å². The first-order valence-corrected chi connectivity index (χ1v) is 11.4. The molecule has 0 saturated carbocycles. The van der Waals surface area contributed by atoms with Gasteiger partial charge in [-0.25, -0.2) is 4.21 Å². The Hall–Kier alpha value is -1.64. The zero-order valence-corrected chi connectivity index (χ0v) is 19.1. The third kappa shape index (κ3) is 5.34. The molecule has 164 valence electrons. The summed E-state index contributed by atoms with van der Waals surface area (Å²) in [5.74, 6) is 0.957. The maximum Gasteiger partial charge on any atom is 0.261 e. The van der Waals surface area contributed by atoms with E-state index in [4.69, 9.17) is 20.9 Å². The monoisotopic (exact) mass is 452 g/mol. The molecule has 1 heterocycles. The van der Waals surface area contributed by atoms with E-state index >= 15 is 0 Å². The van der Waals surface area contributed by atoms with Crippen LogP contribution < -0.4 is 9.04 Å². The number of likely N-dealkylation sites (tertiary alicyclic amines) is 1. The number of anilines is 1. The third-order valence-electron chi connectivity index (χ3n) is 5.91. The predicted molar refractivity (Wildman–Crippen MR) is 122 cm³/mol. The van der Waals surface area contributed by atoms with Crippen LogP contribution in [0, 0.1) is 0 Å². The minimum Gasteiger partial charge on any atom is -0.491 e. The maximum atomic E-state index is 11.1. The molecule has 8 heteroatoms. The number of hydrogen-bond donors (Lipinski definition) is 2. The van der Waals surface area contributed by atoms with Crippen molar-refractivity contribution in [2.75, 3.05) is 31.0 Å². The fourth-order valence-corrected chi connectivity index (χ4v) is 4.61. The molecular weight excluding hydrogens is 424 g/mol. The fraction of sp³-hybridized carbons (Fsp3) is 0.455. The van der Waals surface area contributed by atoms with Gasteiger partial charge in [0.25, 0.3) is 11.3 Å². The van der Waals surface area contributed by atoms with E-state index in [2.05, 4.69) is 24.8 Å². The summed E-state index contributed by atoms with van der Waals surface area (Å²) in [6, 6.07) is 14.9. The van der Waals surface area contributed by atoms with Gasteiger partial charge in [-0.1, -0.05) is 23.7 Å². The number of rotatable bonds is 8. The fourth-order valence-electron chi connectivity index (χ4n) is 4.11. The summed E-state index contributed by atoms with van der Waals surface area (Å²) >= 11 is 4.11. The molecule has 3 rings (SSSR count). The standard InChI is InChI=1S/C22H29ClN2O4S/c1-22(2)21(16-5-4-6-17(23)13-16)11-12-25(22)14-19(26)15-29-20-9-7-18(8-10-20)24(3)30(27)28/h4-10,13,19,21,26H,11-12,14-15H2,1-3H3,(H,27,28)/t19-,21?/m0/s1. The minimum absolute atomic E-state index is 0.0994. The number of aliphatic hydroxyl groups excluding tert-OH is 1. The van der Waals surface area contributed by atoms with Gasteiger partial charge >= 0.3 is 0 Å².